The largest absolute Gasteiger partial charge is 0.508 e. The lowest BCUT2D eigenvalue weighted by molar-refractivity contribution is 0.102. The first-order chi connectivity index (χ1) is 8.99. The number of hydrogen-bond acceptors (Lipinski definition) is 3. The second-order valence-corrected chi connectivity index (χ2v) is 4.61. The molecule has 98 valence electrons. The highest BCUT2D eigenvalue weighted by atomic mass is 79.9. The molecule has 0 heterocycles. The Bertz CT molecular complexity index is 626. The minimum absolute atomic E-state index is 0.0322. The van der Waals surface area contributed by atoms with E-state index in [0.717, 1.165) is 6.07 Å². The molecule has 0 unspecified atom stereocenters. The zero-order chi connectivity index (χ0) is 14.0. The standard InChI is InChI=1S/C13H9BrFNO3/c14-9-2-1-3-10(15)12(9)16-13(19)8-6-7(17)4-5-11(8)18/h1-6,17-18H,(H,16,19). The first-order valence-corrected chi connectivity index (χ1v) is 6.05. The molecule has 0 bridgehead atoms. The molecule has 4 nitrogen and oxygen atoms in total. The number of aromatic hydroxyl groups is 2. The Kier molecular flexibility index (Phi) is 3.71. The Morgan fingerprint density at radius 1 is 1.21 bits per heavy atom. The lowest BCUT2D eigenvalue weighted by atomic mass is 10.1. The molecule has 0 aromatic heterocycles. The maximum Gasteiger partial charge on any atom is 0.259 e. The predicted molar refractivity (Wildman–Crippen MR) is 71.8 cm³/mol. The highest BCUT2D eigenvalue weighted by molar-refractivity contribution is 9.10. The SMILES string of the molecule is O=C(Nc1c(F)cccc1Br)c1cc(O)ccc1O. The van der Waals surface area contributed by atoms with E-state index in [2.05, 4.69) is 21.2 Å². The molecular weight excluding hydrogens is 317 g/mol. The lowest BCUT2D eigenvalue weighted by Crippen LogP contribution is -2.13. The Morgan fingerprint density at radius 3 is 2.63 bits per heavy atom. The number of benzene rings is 2. The molecule has 0 aliphatic rings. The minimum Gasteiger partial charge on any atom is -0.508 e. The number of carbonyl (C=O) groups is 1. The van der Waals surface area contributed by atoms with Crippen molar-refractivity contribution >= 4 is 27.5 Å². The van der Waals surface area contributed by atoms with Crippen LogP contribution >= 0.6 is 15.9 Å². The number of para-hydroxylation sites is 1. The first kappa shape index (κ1) is 13.4. The van der Waals surface area contributed by atoms with Gasteiger partial charge in [-0.3, -0.25) is 4.79 Å². The predicted octanol–water partition coefficient (Wildman–Crippen LogP) is 3.25. The number of carbonyl (C=O) groups excluding carboxylic acids is 1. The highest BCUT2D eigenvalue weighted by Gasteiger charge is 2.15. The summed E-state index contributed by atoms with van der Waals surface area (Å²) in [4.78, 5) is 11.9. The zero-order valence-electron chi connectivity index (χ0n) is 9.52. The van der Waals surface area contributed by atoms with Gasteiger partial charge in [-0.25, -0.2) is 4.39 Å². The van der Waals surface area contributed by atoms with Crippen LogP contribution in [0.1, 0.15) is 10.4 Å². The van der Waals surface area contributed by atoms with Crippen LogP contribution in [0, 0.1) is 5.82 Å². The van der Waals surface area contributed by atoms with Crippen LogP contribution in [0.25, 0.3) is 0 Å². The van der Waals surface area contributed by atoms with E-state index in [-0.39, 0.29) is 22.7 Å². The van der Waals surface area contributed by atoms with Crippen molar-refractivity contribution in [1.82, 2.24) is 0 Å². The molecule has 0 spiro atoms. The van der Waals surface area contributed by atoms with Crippen molar-refractivity contribution in [3.8, 4) is 11.5 Å². The summed E-state index contributed by atoms with van der Waals surface area (Å²) in [6.07, 6.45) is 0. The summed E-state index contributed by atoms with van der Waals surface area (Å²) in [7, 11) is 0. The molecule has 2 aromatic carbocycles. The molecule has 2 rings (SSSR count). The third-order valence-electron chi connectivity index (χ3n) is 2.43. The maximum atomic E-state index is 13.5. The lowest BCUT2D eigenvalue weighted by Gasteiger charge is -2.09. The van der Waals surface area contributed by atoms with Crippen molar-refractivity contribution in [3.63, 3.8) is 0 Å². The first-order valence-electron chi connectivity index (χ1n) is 5.26. The smallest absolute Gasteiger partial charge is 0.259 e. The zero-order valence-corrected chi connectivity index (χ0v) is 11.1. The van der Waals surface area contributed by atoms with Crippen LogP contribution in [0.2, 0.25) is 0 Å². The monoisotopic (exact) mass is 325 g/mol. The fourth-order valence-corrected chi connectivity index (χ4v) is 1.95. The van der Waals surface area contributed by atoms with Gasteiger partial charge >= 0.3 is 0 Å². The molecule has 2 aromatic rings. The van der Waals surface area contributed by atoms with E-state index in [0.29, 0.717) is 4.47 Å². The molecule has 6 heteroatoms. The Balaban J connectivity index is 2.34. The van der Waals surface area contributed by atoms with Crippen LogP contribution in [-0.4, -0.2) is 16.1 Å². The Hall–Kier alpha value is -2.08. The minimum atomic E-state index is -0.723. The number of hydrogen-bond donors (Lipinski definition) is 3. The van der Waals surface area contributed by atoms with Gasteiger partial charge in [0.25, 0.3) is 5.91 Å². The average molecular weight is 326 g/mol. The summed E-state index contributed by atoms with van der Waals surface area (Å²) < 4.78 is 13.9. The summed E-state index contributed by atoms with van der Waals surface area (Å²) in [6, 6.07) is 7.77. The molecule has 0 fully saturated rings. The van der Waals surface area contributed by atoms with Crippen molar-refractivity contribution < 1.29 is 19.4 Å². The van der Waals surface area contributed by atoms with Crippen LogP contribution in [0.3, 0.4) is 0 Å². The number of halogens is 2. The summed E-state index contributed by atoms with van der Waals surface area (Å²) >= 11 is 3.11. The van der Waals surface area contributed by atoms with Crippen LogP contribution in [0.5, 0.6) is 11.5 Å². The van der Waals surface area contributed by atoms with Gasteiger partial charge in [-0.15, -0.1) is 0 Å². The summed E-state index contributed by atoms with van der Waals surface area (Å²) in [5, 5.41) is 21.2. The molecule has 0 saturated heterocycles. The third-order valence-corrected chi connectivity index (χ3v) is 3.09. The number of phenolic OH excluding ortho intramolecular Hbond substituents is 2. The van der Waals surface area contributed by atoms with Crippen molar-refractivity contribution in [1.29, 1.82) is 0 Å². The molecule has 0 atom stereocenters. The van der Waals surface area contributed by atoms with Crippen LogP contribution in [0.4, 0.5) is 10.1 Å². The Labute approximate surface area is 116 Å². The van der Waals surface area contributed by atoms with Crippen LogP contribution in [-0.2, 0) is 0 Å². The van der Waals surface area contributed by atoms with Gasteiger partial charge in [-0.2, -0.15) is 0 Å². The van der Waals surface area contributed by atoms with Crippen LogP contribution < -0.4 is 5.32 Å². The second-order valence-electron chi connectivity index (χ2n) is 3.75. The molecule has 0 saturated carbocycles. The van der Waals surface area contributed by atoms with Gasteiger partial charge < -0.3 is 15.5 Å². The molecular formula is C13H9BrFNO3. The van der Waals surface area contributed by atoms with E-state index in [1.807, 2.05) is 0 Å². The van der Waals surface area contributed by atoms with Crippen molar-refractivity contribution in [2.75, 3.05) is 5.32 Å². The van der Waals surface area contributed by atoms with Gasteiger partial charge in [-0.05, 0) is 46.3 Å². The van der Waals surface area contributed by atoms with E-state index in [1.54, 1.807) is 6.07 Å². The number of phenols is 2. The number of rotatable bonds is 2. The molecule has 3 N–H and O–H groups in total. The van der Waals surface area contributed by atoms with Gasteiger partial charge in [0, 0.05) is 4.47 Å². The molecule has 0 radical (unpaired) electrons. The van der Waals surface area contributed by atoms with Gasteiger partial charge in [0.1, 0.15) is 17.3 Å². The van der Waals surface area contributed by atoms with E-state index < -0.39 is 11.7 Å². The van der Waals surface area contributed by atoms with Crippen molar-refractivity contribution in [2.45, 2.75) is 0 Å². The van der Waals surface area contributed by atoms with Gasteiger partial charge in [-0.1, -0.05) is 6.07 Å². The summed E-state index contributed by atoms with van der Waals surface area (Å²) in [6.45, 7) is 0. The van der Waals surface area contributed by atoms with E-state index in [1.165, 1.54) is 24.3 Å². The molecule has 0 aliphatic heterocycles. The van der Waals surface area contributed by atoms with Gasteiger partial charge in [0.05, 0.1) is 11.3 Å². The number of anilines is 1. The normalized spacial score (nSPS) is 10.2. The fourth-order valence-electron chi connectivity index (χ4n) is 1.50. The average Bonchev–Trinajstić information content (AvgIpc) is 2.37. The highest BCUT2D eigenvalue weighted by Crippen LogP contribution is 2.28. The quantitative estimate of drug-likeness (QED) is 0.742. The van der Waals surface area contributed by atoms with Gasteiger partial charge in [0.2, 0.25) is 0 Å². The third kappa shape index (κ3) is 2.85. The molecule has 1 amide bonds. The summed E-state index contributed by atoms with van der Waals surface area (Å²) in [5.41, 5.74) is -0.176. The fraction of sp³-hybridized carbons (Fsp3) is 0. The molecule has 19 heavy (non-hydrogen) atoms. The number of nitrogens with one attached hydrogen (secondary N) is 1. The second kappa shape index (κ2) is 5.27. The van der Waals surface area contributed by atoms with Gasteiger partial charge in [0.15, 0.2) is 0 Å². The maximum absolute atomic E-state index is 13.5. The van der Waals surface area contributed by atoms with Crippen molar-refractivity contribution in [3.05, 3.63) is 52.3 Å². The topological polar surface area (TPSA) is 69.6 Å². The van der Waals surface area contributed by atoms with Crippen LogP contribution in [0.15, 0.2) is 40.9 Å². The van der Waals surface area contributed by atoms with E-state index in [4.69, 9.17) is 0 Å². The molecule has 0 aliphatic carbocycles. The Morgan fingerprint density at radius 2 is 1.95 bits per heavy atom. The van der Waals surface area contributed by atoms with Crippen molar-refractivity contribution in [2.24, 2.45) is 0 Å². The number of amides is 1. The van der Waals surface area contributed by atoms with E-state index >= 15 is 0 Å². The summed E-state index contributed by atoms with van der Waals surface area (Å²) in [5.74, 6) is -1.81. The van der Waals surface area contributed by atoms with E-state index in [9.17, 15) is 19.4 Å².